The third kappa shape index (κ3) is 48.2. The number of phosphoric ester groups is 1. The molecule has 0 heterocycles. The number of carbonyl (C=O) groups excluding carboxylic acids is 3. The first-order chi connectivity index (χ1) is 31.2. The highest BCUT2D eigenvalue weighted by Gasteiger charge is 2.26. The van der Waals surface area contributed by atoms with Crippen molar-refractivity contribution in [2.45, 2.75) is 284 Å². The highest BCUT2D eigenvalue weighted by atomic mass is 31.2. The van der Waals surface area contributed by atoms with Crippen LogP contribution in [0.5, 0.6) is 0 Å². The van der Waals surface area contributed by atoms with Gasteiger partial charge in [0, 0.05) is 25.8 Å². The zero-order valence-electron chi connectivity index (χ0n) is 42.0. The summed E-state index contributed by atoms with van der Waals surface area (Å²) in [6.45, 7) is 5.84. The summed E-state index contributed by atoms with van der Waals surface area (Å²) in [5.41, 5.74) is 0. The van der Waals surface area contributed by atoms with E-state index in [4.69, 9.17) is 18.5 Å². The third-order valence-electron chi connectivity index (χ3n) is 12.0. The molecule has 0 aromatic carbocycles. The Morgan fingerprint density at radius 1 is 0.469 bits per heavy atom. The average molecular weight is 928 g/mol. The molecule has 0 aliphatic heterocycles. The van der Waals surface area contributed by atoms with E-state index in [1.807, 2.05) is 0 Å². The molecular formula is C53H102NO9P. The molecule has 0 saturated heterocycles. The van der Waals surface area contributed by atoms with Crippen LogP contribution in [0, 0.1) is 0 Å². The molecule has 0 aliphatic carbocycles. The minimum absolute atomic E-state index is 0.0654. The number of rotatable bonds is 51. The molecule has 2 atom stereocenters. The summed E-state index contributed by atoms with van der Waals surface area (Å²) < 4.78 is 34.0. The van der Waals surface area contributed by atoms with Crippen LogP contribution in [0.4, 0.5) is 0 Å². The van der Waals surface area contributed by atoms with Crippen LogP contribution in [0.3, 0.4) is 0 Å². The van der Waals surface area contributed by atoms with E-state index in [-0.39, 0.29) is 38.5 Å². The van der Waals surface area contributed by atoms with Crippen LogP contribution in [-0.4, -0.2) is 55.2 Å². The molecular weight excluding hydrogens is 826 g/mol. The fourth-order valence-corrected chi connectivity index (χ4v) is 8.60. The fourth-order valence-electron chi connectivity index (χ4n) is 7.85. The van der Waals surface area contributed by atoms with Crippen LogP contribution in [0.25, 0.3) is 0 Å². The van der Waals surface area contributed by atoms with Gasteiger partial charge in [0.1, 0.15) is 6.61 Å². The lowest BCUT2D eigenvalue weighted by Crippen LogP contribution is -2.30. The lowest BCUT2D eigenvalue weighted by atomic mass is 10.0. The average Bonchev–Trinajstić information content (AvgIpc) is 3.28. The van der Waals surface area contributed by atoms with Gasteiger partial charge in [0.05, 0.1) is 13.2 Å². The van der Waals surface area contributed by atoms with Crippen molar-refractivity contribution in [2.24, 2.45) is 0 Å². The van der Waals surface area contributed by atoms with Crippen LogP contribution in [0.1, 0.15) is 278 Å². The topological polar surface area (TPSA) is 137 Å². The van der Waals surface area contributed by atoms with Crippen molar-refractivity contribution in [3.05, 3.63) is 12.2 Å². The minimum Gasteiger partial charge on any atom is -0.462 e. The molecule has 0 fully saturated rings. The number of unbranched alkanes of at least 4 members (excludes halogenated alkanes) is 33. The van der Waals surface area contributed by atoms with Gasteiger partial charge in [0.25, 0.3) is 0 Å². The van der Waals surface area contributed by atoms with Crippen molar-refractivity contribution < 1.29 is 42.4 Å². The smallest absolute Gasteiger partial charge is 0.462 e. The molecule has 11 heteroatoms. The van der Waals surface area contributed by atoms with Gasteiger partial charge < -0.3 is 19.7 Å². The van der Waals surface area contributed by atoms with Crippen LogP contribution < -0.4 is 5.32 Å². The van der Waals surface area contributed by atoms with Gasteiger partial charge in [-0.05, 0) is 44.9 Å². The molecule has 2 N–H and O–H groups in total. The Morgan fingerprint density at radius 2 is 0.828 bits per heavy atom. The Morgan fingerprint density at radius 3 is 1.25 bits per heavy atom. The first-order valence-electron chi connectivity index (χ1n) is 27.1. The fraction of sp³-hybridized carbons (Fsp3) is 0.906. The van der Waals surface area contributed by atoms with Gasteiger partial charge in [0.15, 0.2) is 6.10 Å². The predicted molar refractivity (Wildman–Crippen MR) is 266 cm³/mol. The first-order valence-corrected chi connectivity index (χ1v) is 28.6. The Bertz CT molecular complexity index is 1120. The van der Waals surface area contributed by atoms with Crippen LogP contribution in [0.15, 0.2) is 12.2 Å². The standard InChI is InChI=1S/C53H102NO9P/c1-4-7-10-13-16-19-22-24-25-27-30-33-36-39-42-45-53(57)63-50(48-60-52(56)44-41-38-35-32-29-26-23-20-17-14-11-8-5-2)49-62-64(58,59)61-47-46-54-51(55)43-40-37-34-31-28-21-18-15-12-9-6-3/h24-25,50H,4-23,26-49H2,1-3H3,(H,54,55)(H,58,59)/b25-24-/t50-/m1/s1. The summed E-state index contributed by atoms with van der Waals surface area (Å²) in [5.74, 6) is -0.978. The second-order valence-electron chi connectivity index (χ2n) is 18.4. The van der Waals surface area contributed by atoms with Gasteiger partial charge >= 0.3 is 19.8 Å². The van der Waals surface area contributed by atoms with Crippen LogP contribution in [-0.2, 0) is 37.5 Å². The number of ether oxygens (including phenoxy) is 2. The second-order valence-corrected chi connectivity index (χ2v) is 19.8. The lowest BCUT2D eigenvalue weighted by Gasteiger charge is -2.20. The number of carbonyl (C=O) groups is 3. The van der Waals surface area contributed by atoms with E-state index in [2.05, 4.69) is 38.2 Å². The summed E-state index contributed by atoms with van der Waals surface area (Å²) >= 11 is 0. The number of nitrogens with one attached hydrogen (secondary N) is 1. The van der Waals surface area contributed by atoms with Gasteiger partial charge in [0.2, 0.25) is 5.91 Å². The zero-order chi connectivity index (χ0) is 46.9. The number of amides is 1. The maximum Gasteiger partial charge on any atom is 0.472 e. The van der Waals surface area contributed by atoms with Crippen molar-refractivity contribution in [1.82, 2.24) is 5.32 Å². The van der Waals surface area contributed by atoms with E-state index in [1.54, 1.807) is 0 Å². The number of hydrogen-bond acceptors (Lipinski definition) is 8. The summed E-state index contributed by atoms with van der Waals surface area (Å²) in [6.07, 6.45) is 48.6. The Labute approximate surface area is 394 Å². The van der Waals surface area contributed by atoms with Crippen molar-refractivity contribution in [3.8, 4) is 0 Å². The van der Waals surface area contributed by atoms with Crippen LogP contribution in [0.2, 0.25) is 0 Å². The predicted octanol–water partition coefficient (Wildman–Crippen LogP) is 15.9. The van der Waals surface area contributed by atoms with Crippen molar-refractivity contribution in [2.75, 3.05) is 26.4 Å². The second kappa shape index (κ2) is 49.2. The lowest BCUT2D eigenvalue weighted by molar-refractivity contribution is -0.161. The molecule has 1 amide bonds. The quantitative estimate of drug-likeness (QED) is 0.0264. The Hall–Kier alpha value is -1.74. The summed E-state index contributed by atoms with van der Waals surface area (Å²) in [5, 5.41) is 2.73. The van der Waals surface area contributed by atoms with Gasteiger partial charge in [-0.3, -0.25) is 23.4 Å². The van der Waals surface area contributed by atoms with Crippen molar-refractivity contribution in [3.63, 3.8) is 0 Å². The van der Waals surface area contributed by atoms with E-state index in [9.17, 15) is 23.8 Å². The number of esters is 2. The van der Waals surface area contributed by atoms with E-state index >= 15 is 0 Å². The molecule has 0 aliphatic rings. The summed E-state index contributed by atoms with van der Waals surface area (Å²) in [7, 11) is -4.53. The monoisotopic (exact) mass is 928 g/mol. The normalized spacial score (nSPS) is 13.0. The molecule has 64 heavy (non-hydrogen) atoms. The molecule has 0 spiro atoms. The first kappa shape index (κ1) is 62.3. The van der Waals surface area contributed by atoms with Gasteiger partial charge in [-0.2, -0.15) is 0 Å². The van der Waals surface area contributed by atoms with E-state index in [0.717, 1.165) is 70.6 Å². The molecule has 1 unspecified atom stereocenters. The molecule has 0 bridgehead atoms. The maximum absolute atomic E-state index is 12.8. The number of allylic oxidation sites excluding steroid dienone is 2. The van der Waals surface area contributed by atoms with Crippen molar-refractivity contribution in [1.29, 1.82) is 0 Å². The van der Waals surface area contributed by atoms with E-state index < -0.39 is 32.5 Å². The molecule has 0 rings (SSSR count). The minimum atomic E-state index is -4.53. The van der Waals surface area contributed by atoms with Crippen LogP contribution >= 0.6 is 7.82 Å². The number of phosphoric acid groups is 1. The molecule has 10 nitrogen and oxygen atoms in total. The number of hydrogen-bond donors (Lipinski definition) is 2. The Kier molecular flexibility index (Phi) is 47.8. The molecule has 0 aromatic heterocycles. The highest BCUT2D eigenvalue weighted by molar-refractivity contribution is 7.47. The highest BCUT2D eigenvalue weighted by Crippen LogP contribution is 2.43. The summed E-state index contributed by atoms with van der Waals surface area (Å²) in [6, 6.07) is 0. The molecule has 378 valence electrons. The largest absolute Gasteiger partial charge is 0.472 e. The van der Waals surface area contributed by atoms with Crippen molar-refractivity contribution >= 4 is 25.7 Å². The molecule has 0 radical (unpaired) electrons. The maximum atomic E-state index is 12.8. The van der Waals surface area contributed by atoms with E-state index in [0.29, 0.717) is 12.8 Å². The summed E-state index contributed by atoms with van der Waals surface area (Å²) in [4.78, 5) is 48.0. The Balaban J connectivity index is 4.52. The molecule has 0 aromatic rings. The van der Waals surface area contributed by atoms with Gasteiger partial charge in [-0.25, -0.2) is 4.57 Å². The van der Waals surface area contributed by atoms with Gasteiger partial charge in [-0.15, -0.1) is 0 Å². The molecule has 0 saturated carbocycles. The van der Waals surface area contributed by atoms with E-state index in [1.165, 1.54) is 161 Å². The van der Waals surface area contributed by atoms with Gasteiger partial charge in [-0.1, -0.05) is 226 Å². The third-order valence-corrected chi connectivity index (χ3v) is 12.9. The SMILES string of the molecule is CCCCCCCC/C=C\CCCCCCCC(=O)O[C@H](COC(=O)CCCCCCCCCCCCCCC)COP(=O)(O)OCCNC(=O)CCCCCCCCCCCCC. The zero-order valence-corrected chi connectivity index (χ0v) is 42.9.